The Kier molecular flexibility index (Phi) is 6.68. The molecule has 0 bridgehead atoms. The number of aryl methyl sites for hydroxylation is 1. The molecule has 38 heavy (non-hydrogen) atoms. The number of carbonyl (C=O) groups is 1. The molecule has 0 spiro atoms. The van der Waals surface area contributed by atoms with Gasteiger partial charge in [0.05, 0.1) is 34.4 Å². The maximum atomic E-state index is 13.5. The zero-order valence-corrected chi connectivity index (χ0v) is 22.2. The third kappa shape index (κ3) is 4.32. The van der Waals surface area contributed by atoms with Crippen LogP contribution in [-0.4, -0.2) is 61.0 Å². The first kappa shape index (κ1) is 25.8. The molecule has 0 atom stereocenters. The van der Waals surface area contributed by atoms with E-state index >= 15 is 0 Å². The third-order valence-corrected chi connectivity index (χ3v) is 8.91. The number of carbonyl (C=O) groups excluding carboxylic acids is 1. The van der Waals surface area contributed by atoms with Crippen molar-refractivity contribution in [3.63, 3.8) is 0 Å². The molecule has 3 aromatic rings. The molecule has 11 heteroatoms. The zero-order chi connectivity index (χ0) is 27.2. The largest absolute Gasteiger partial charge is 0.379 e. The van der Waals surface area contributed by atoms with Crippen molar-refractivity contribution in [2.24, 2.45) is 0 Å². The van der Waals surface area contributed by atoms with Crippen molar-refractivity contribution < 1.29 is 22.9 Å². The van der Waals surface area contributed by atoms with Crippen molar-refractivity contribution in [1.82, 2.24) is 8.87 Å². The average molecular weight is 537 g/mol. The highest BCUT2D eigenvalue weighted by Gasteiger charge is 2.34. The number of fused-ring (bicyclic) bond motifs is 1. The van der Waals surface area contributed by atoms with Crippen LogP contribution in [0.15, 0.2) is 53.4 Å². The maximum Gasteiger partial charge on any atom is 0.271 e. The molecule has 10 nitrogen and oxygen atoms in total. The van der Waals surface area contributed by atoms with Gasteiger partial charge < -0.3 is 14.2 Å². The predicted octanol–water partition coefficient (Wildman–Crippen LogP) is 3.93. The topological polar surface area (TPSA) is 115 Å². The number of benzene rings is 2. The maximum absolute atomic E-state index is 13.5. The lowest BCUT2D eigenvalue weighted by Crippen LogP contribution is -2.40. The summed E-state index contributed by atoms with van der Waals surface area (Å²) in [5.74, 6) is -0.205. The molecule has 1 amide bonds. The Morgan fingerprint density at radius 1 is 1.08 bits per heavy atom. The Hall–Kier alpha value is -3.80. The quantitative estimate of drug-likeness (QED) is 0.268. The molecule has 0 radical (unpaired) electrons. The van der Waals surface area contributed by atoms with Crippen LogP contribution in [0.1, 0.15) is 29.4 Å². The van der Waals surface area contributed by atoms with E-state index in [-0.39, 0.29) is 29.6 Å². The predicted molar refractivity (Wildman–Crippen MR) is 144 cm³/mol. The fraction of sp³-hybridized carbons (Fsp3) is 0.296. The second-order valence-corrected chi connectivity index (χ2v) is 11.2. The van der Waals surface area contributed by atoms with Crippen molar-refractivity contribution in [1.29, 1.82) is 0 Å². The van der Waals surface area contributed by atoms with Gasteiger partial charge in [0.2, 0.25) is 10.0 Å². The van der Waals surface area contributed by atoms with Gasteiger partial charge in [-0.05, 0) is 62.7 Å². The van der Waals surface area contributed by atoms with Gasteiger partial charge >= 0.3 is 0 Å². The van der Waals surface area contributed by atoms with Gasteiger partial charge in [-0.2, -0.15) is 4.31 Å². The number of hydrogen-bond acceptors (Lipinski definition) is 6. The SMILES string of the molecule is CCN1C(=O)/C(=C/c2cc(C)n(-c3cccc([N+](=O)[O-])c3)c2C)c2cc(S(=O)(=O)N3CCOCC3)ccc21. The number of non-ortho nitro benzene ring substituents is 1. The summed E-state index contributed by atoms with van der Waals surface area (Å²) in [5.41, 5.74) is 4.67. The number of morpholine rings is 1. The lowest BCUT2D eigenvalue weighted by Gasteiger charge is -2.26. The Morgan fingerprint density at radius 3 is 2.50 bits per heavy atom. The molecule has 2 aromatic carbocycles. The number of ether oxygens (including phenoxy) is 1. The summed E-state index contributed by atoms with van der Waals surface area (Å²) in [6.07, 6.45) is 1.78. The van der Waals surface area contributed by atoms with E-state index in [9.17, 15) is 23.3 Å². The van der Waals surface area contributed by atoms with Crippen LogP contribution in [0, 0.1) is 24.0 Å². The highest BCUT2D eigenvalue weighted by atomic mass is 32.2. The number of likely N-dealkylation sites (N-methyl/N-ethyl adjacent to an activating group) is 1. The molecule has 1 aromatic heterocycles. The van der Waals surface area contributed by atoms with E-state index < -0.39 is 14.9 Å². The number of amides is 1. The van der Waals surface area contributed by atoms with Crippen LogP contribution >= 0.6 is 0 Å². The van der Waals surface area contributed by atoms with Gasteiger partial charge in [0.25, 0.3) is 11.6 Å². The van der Waals surface area contributed by atoms with E-state index in [4.69, 9.17) is 4.74 Å². The van der Waals surface area contributed by atoms with E-state index in [0.717, 1.165) is 17.0 Å². The molecule has 3 heterocycles. The average Bonchev–Trinajstić information content (AvgIpc) is 3.35. The molecule has 5 rings (SSSR count). The first-order valence-electron chi connectivity index (χ1n) is 12.3. The van der Waals surface area contributed by atoms with Gasteiger partial charge in [-0.25, -0.2) is 8.42 Å². The van der Waals surface area contributed by atoms with Crippen LogP contribution in [0.25, 0.3) is 17.3 Å². The van der Waals surface area contributed by atoms with Crippen molar-refractivity contribution in [3.05, 3.63) is 81.2 Å². The van der Waals surface area contributed by atoms with Crippen LogP contribution in [0.2, 0.25) is 0 Å². The summed E-state index contributed by atoms with van der Waals surface area (Å²) in [4.78, 5) is 26.1. The summed E-state index contributed by atoms with van der Waals surface area (Å²) in [6.45, 7) is 7.34. The minimum atomic E-state index is -3.74. The molecule has 0 N–H and O–H groups in total. The van der Waals surface area contributed by atoms with Crippen molar-refractivity contribution >= 4 is 39.0 Å². The lowest BCUT2D eigenvalue weighted by molar-refractivity contribution is -0.384. The first-order valence-corrected chi connectivity index (χ1v) is 13.8. The molecule has 2 aliphatic heterocycles. The number of anilines is 1. The fourth-order valence-electron chi connectivity index (χ4n) is 5.12. The van der Waals surface area contributed by atoms with Crippen LogP contribution in [0.5, 0.6) is 0 Å². The Labute approximate surface area is 220 Å². The third-order valence-electron chi connectivity index (χ3n) is 7.02. The monoisotopic (exact) mass is 536 g/mol. The number of nitrogens with zero attached hydrogens (tertiary/aromatic N) is 4. The highest BCUT2D eigenvalue weighted by molar-refractivity contribution is 7.89. The summed E-state index contributed by atoms with van der Waals surface area (Å²) < 4.78 is 35.2. The number of aromatic nitrogens is 1. The highest BCUT2D eigenvalue weighted by Crippen LogP contribution is 2.40. The number of sulfonamides is 1. The smallest absolute Gasteiger partial charge is 0.271 e. The molecule has 0 aliphatic carbocycles. The summed E-state index contributed by atoms with van der Waals surface area (Å²) >= 11 is 0. The van der Waals surface area contributed by atoms with Crippen molar-refractivity contribution in [2.75, 3.05) is 37.7 Å². The Balaban J connectivity index is 1.60. The molecule has 198 valence electrons. The number of rotatable bonds is 6. The number of hydrogen-bond donors (Lipinski definition) is 0. The van der Waals surface area contributed by atoms with Crippen LogP contribution in [-0.2, 0) is 19.6 Å². The van der Waals surface area contributed by atoms with Gasteiger partial charge in [0.15, 0.2) is 0 Å². The standard InChI is InChI=1S/C27H28N4O6S/c1-4-29-26-9-8-23(38(35,36)28-10-12-37-13-11-28)17-24(26)25(27(29)32)15-20-14-18(2)30(19(20)3)21-6-5-7-22(16-21)31(33)34/h5-9,14-17H,4,10-13H2,1-3H3/b25-15+. The molecular formula is C27H28N4O6S. The molecule has 1 fully saturated rings. The summed E-state index contributed by atoms with van der Waals surface area (Å²) in [7, 11) is -3.74. The molecule has 0 saturated carbocycles. The summed E-state index contributed by atoms with van der Waals surface area (Å²) in [6, 6.07) is 13.1. The summed E-state index contributed by atoms with van der Waals surface area (Å²) in [5, 5.41) is 11.3. The van der Waals surface area contributed by atoms with E-state index in [1.54, 1.807) is 41.3 Å². The zero-order valence-electron chi connectivity index (χ0n) is 21.4. The molecule has 0 unspecified atom stereocenters. The van der Waals surface area contributed by atoms with E-state index in [2.05, 4.69) is 0 Å². The van der Waals surface area contributed by atoms with E-state index in [1.807, 2.05) is 31.4 Å². The first-order chi connectivity index (χ1) is 18.1. The van der Waals surface area contributed by atoms with Gasteiger partial charge in [-0.1, -0.05) is 6.07 Å². The Bertz CT molecular complexity index is 1580. The van der Waals surface area contributed by atoms with Crippen LogP contribution < -0.4 is 4.90 Å². The second-order valence-electron chi connectivity index (χ2n) is 9.24. The van der Waals surface area contributed by atoms with Gasteiger partial charge in [0, 0.05) is 54.3 Å². The van der Waals surface area contributed by atoms with Gasteiger partial charge in [-0.3, -0.25) is 14.9 Å². The van der Waals surface area contributed by atoms with Crippen molar-refractivity contribution in [3.8, 4) is 5.69 Å². The van der Waals surface area contributed by atoms with E-state index in [1.165, 1.54) is 16.4 Å². The minimum absolute atomic E-state index is 0.0117. The number of nitro benzene ring substituents is 1. The van der Waals surface area contributed by atoms with Crippen LogP contribution in [0.3, 0.4) is 0 Å². The second kappa shape index (κ2) is 9.82. The lowest BCUT2D eigenvalue weighted by atomic mass is 10.0. The Morgan fingerprint density at radius 2 is 1.82 bits per heavy atom. The molecular weight excluding hydrogens is 508 g/mol. The molecule has 1 saturated heterocycles. The minimum Gasteiger partial charge on any atom is -0.379 e. The van der Waals surface area contributed by atoms with Gasteiger partial charge in [0.1, 0.15) is 0 Å². The van der Waals surface area contributed by atoms with E-state index in [0.29, 0.717) is 42.3 Å². The normalized spacial score (nSPS) is 17.3. The van der Waals surface area contributed by atoms with Crippen molar-refractivity contribution in [2.45, 2.75) is 25.7 Å². The van der Waals surface area contributed by atoms with Crippen LogP contribution in [0.4, 0.5) is 11.4 Å². The number of nitro groups is 1. The van der Waals surface area contributed by atoms with Gasteiger partial charge in [-0.15, -0.1) is 0 Å². The molecule has 2 aliphatic rings. The fourth-order valence-corrected chi connectivity index (χ4v) is 6.55.